The molecule has 188 valence electrons. The molecule has 4 nitrogen and oxygen atoms in total. The first-order chi connectivity index (χ1) is 16.9. The molecule has 0 aromatic heterocycles. The lowest BCUT2D eigenvalue weighted by Gasteiger charge is -2.64. The van der Waals surface area contributed by atoms with Crippen molar-refractivity contribution in [3.05, 3.63) is 34.9 Å². The Kier molecular flexibility index (Phi) is 7.33. The van der Waals surface area contributed by atoms with Gasteiger partial charge in [0, 0.05) is 0 Å². The molecule has 4 heteroatoms. The Bertz CT molecular complexity index is 995. The van der Waals surface area contributed by atoms with Gasteiger partial charge in [0.1, 0.15) is 12.1 Å². The molecular formula is C31H42N2O2. The van der Waals surface area contributed by atoms with Gasteiger partial charge < -0.3 is 5.11 Å². The molecule has 1 aromatic carbocycles. The van der Waals surface area contributed by atoms with E-state index >= 15 is 0 Å². The minimum atomic E-state index is -1.07. The quantitative estimate of drug-likeness (QED) is 0.367. The zero-order valence-electron chi connectivity index (χ0n) is 21.8. The fraction of sp³-hybridized carbons (Fsp3) is 0.710. The second-order valence-electron chi connectivity index (χ2n) is 12.1. The van der Waals surface area contributed by atoms with Gasteiger partial charge >= 0.3 is 5.97 Å². The van der Waals surface area contributed by atoms with Crippen LogP contribution in [0.2, 0.25) is 0 Å². The van der Waals surface area contributed by atoms with Crippen LogP contribution >= 0.6 is 0 Å². The van der Waals surface area contributed by atoms with Gasteiger partial charge in [-0.15, -0.1) is 0 Å². The number of hydrogen-bond acceptors (Lipinski definition) is 3. The highest BCUT2D eigenvalue weighted by Gasteiger charge is 2.60. The average molecular weight is 475 g/mol. The van der Waals surface area contributed by atoms with Crippen LogP contribution in [0.4, 0.5) is 0 Å². The van der Waals surface area contributed by atoms with Crippen LogP contribution in [0.3, 0.4) is 0 Å². The van der Waals surface area contributed by atoms with Gasteiger partial charge in [0.15, 0.2) is 0 Å². The lowest BCUT2D eigenvalue weighted by molar-refractivity contribution is -0.154. The summed E-state index contributed by atoms with van der Waals surface area (Å²) in [6.07, 6.45) is 18.5. The summed E-state index contributed by atoms with van der Waals surface area (Å²) in [7, 11) is 0. The first-order valence-electron chi connectivity index (χ1n) is 14.0. The number of aliphatic carboxylic acids is 1. The molecule has 4 aliphatic carbocycles. The third-order valence-corrected chi connectivity index (χ3v) is 10.8. The highest BCUT2D eigenvalue weighted by molar-refractivity contribution is 5.83. The van der Waals surface area contributed by atoms with Gasteiger partial charge in [-0.25, -0.2) is 0 Å². The van der Waals surface area contributed by atoms with E-state index in [4.69, 9.17) is 0 Å². The summed E-state index contributed by atoms with van der Waals surface area (Å²) in [6, 6.07) is 9.44. The lowest BCUT2D eigenvalue weighted by atomic mass is 9.41. The Balaban J connectivity index is 1.67. The van der Waals surface area contributed by atoms with Crippen LogP contribution in [-0.4, -0.2) is 11.1 Å². The van der Waals surface area contributed by atoms with E-state index in [9.17, 15) is 20.4 Å². The molecular weight excluding hydrogens is 432 g/mol. The summed E-state index contributed by atoms with van der Waals surface area (Å²) in [6.45, 7) is 4.58. The molecule has 4 aliphatic rings. The van der Waals surface area contributed by atoms with Crippen molar-refractivity contribution in [1.29, 1.82) is 10.5 Å². The SMILES string of the molecule is CCCCCC1(C23CCC(CCC)(CC2)CC3)CCC(C(=O)O)(c2cccc(C#N)c2C#N)CC1. The average Bonchev–Trinajstić information content (AvgIpc) is 2.89. The second-order valence-corrected chi connectivity index (χ2v) is 12.1. The third kappa shape index (κ3) is 4.18. The minimum Gasteiger partial charge on any atom is -0.481 e. The number of carboxylic acids is 1. The maximum atomic E-state index is 12.9. The van der Waals surface area contributed by atoms with Gasteiger partial charge in [-0.3, -0.25) is 4.79 Å². The summed E-state index contributed by atoms with van der Waals surface area (Å²) < 4.78 is 0. The molecule has 0 atom stereocenters. The standard InChI is InChI=1S/C31H42N2O2/c1-3-5-6-11-29(30-15-12-28(10-4-2,13-16-30)14-17-30)18-20-31(21-19-29,27(34)35)26-9-7-8-24(22-32)25(26)23-33/h7-9H,3-6,10-21H2,1-2H3,(H,34,35). The van der Waals surface area contributed by atoms with Gasteiger partial charge in [-0.1, -0.05) is 51.7 Å². The Morgan fingerprint density at radius 1 is 0.857 bits per heavy atom. The molecule has 35 heavy (non-hydrogen) atoms. The first-order valence-corrected chi connectivity index (χ1v) is 14.0. The number of benzene rings is 1. The Hall–Kier alpha value is -2.33. The predicted molar refractivity (Wildman–Crippen MR) is 138 cm³/mol. The third-order valence-electron chi connectivity index (χ3n) is 10.8. The number of rotatable bonds is 9. The number of nitrogens with zero attached hydrogens (tertiary/aromatic N) is 2. The smallest absolute Gasteiger partial charge is 0.314 e. The maximum absolute atomic E-state index is 12.9. The minimum absolute atomic E-state index is 0.208. The van der Waals surface area contributed by atoms with Gasteiger partial charge in [0.25, 0.3) is 0 Å². The van der Waals surface area contributed by atoms with Gasteiger partial charge in [0.05, 0.1) is 16.5 Å². The van der Waals surface area contributed by atoms with Crippen molar-refractivity contribution in [2.75, 3.05) is 0 Å². The first kappa shape index (κ1) is 25.8. The van der Waals surface area contributed by atoms with Crippen molar-refractivity contribution >= 4 is 5.97 Å². The van der Waals surface area contributed by atoms with E-state index in [1.54, 1.807) is 18.2 Å². The largest absolute Gasteiger partial charge is 0.481 e. The normalized spacial score (nSPS) is 34.2. The summed E-state index contributed by atoms with van der Waals surface area (Å²) in [5.74, 6) is -0.835. The molecule has 0 unspecified atom stereocenters. The van der Waals surface area contributed by atoms with E-state index in [-0.39, 0.29) is 16.5 Å². The number of unbranched alkanes of at least 4 members (excludes halogenated alkanes) is 2. The number of carboxylic acid groups (broad SMARTS) is 1. The van der Waals surface area contributed by atoms with Crippen LogP contribution in [-0.2, 0) is 10.2 Å². The van der Waals surface area contributed by atoms with E-state index in [2.05, 4.69) is 26.0 Å². The van der Waals surface area contributed by atoms with Gasteiger partial charge in [-0.05, 0) is 105 Å². The molecule has 0 heterocycles. The van der Waals surface area contributed by atoms with Crippen molar-refractivity contribution in [1.82, 2.24) is 0 Å². The predicted octanol–water partition coefficient (Wildman–Crippen LogP) is 8.03. The summed E-state index contributed by atoms with van der Waals surface area (Å²) in [5.41, 5.74) is 1.16. The van der Waals surface area contributed by atoms with Crippen molar-refractivity contribution < 1.29 is 9.90 Å². The van der Waals surface area contributed by atoms with Crippen molar-refractivity contribution in [2.45, 2.75) is 122 Å². The number of hydrogen-bond donors (Lipinski definition) is 1. The highest BCUT2D eigenvalue weighted by atomic mass is 16.4. The molecule has 1 N–H and O–H groups in total. The fourth-order valence-corrected chi connectivity index (χ4v) is 8.64. The van der Waals surface area contributed by atoms with E-state index in [0.29, 0.717) is 29.2 Å². The molecule has 0 radical (unpaired) electrons. The van der Waals surface area contributed by atoms with Crippen molar-refractivity contribution in [3.8, 4) is 12.1 Å². The topological polar surface area (TPSA) is 84.9 Å². The zero-order valence-corrected chi connectivity index (χ0v) is 21.8. The number of nitriles is 2. The van der Waals surface area contributed by atoms with Crippen molar-refractivity contribution in [2.24, 2.45) is 16.2 Å². The molecule has 0 spiro atoms. The highest BCUT2D eigenvalue weighted by Crippen LogP contribution is 2.70. The molecule has 0 aliphatic heterocycles. The van der Waals surface area contributed by atoms with Crippen LogP contribution in [0, 0.1) is 38.9 Å². The van der Waals surface area contributed by atoms with Crippen LogP contribution in [0.25, 0.3) is 0 Å². The van der Waals surface area contributed by atoms with Gasteiger partial charge in [-0.2, -0.15) is 10.5 Å². The molecule has 1 aromatic rings. The fourth-order valence-electron chi connectivity index (χ4n) is 8.64. The monoisotopic (exact) mass is 474 g/mol. The van der Waals surface area contributed by atoms with E-state index in [1.165, 1.54) is 77.0 Å². The molecule has 5 rings (SSSR count). The van der Waals surface area contributed by atoms with Crippen LogP contribution in [0.5, 0.6) is 0 Å². The lowest BCUT2D eigenvalue weighted by Crippen LogP contribution is -2.55. The Morgan fingerprint density at radius 2 is 1.51 bits per heavy atom. The Morgan fingerprint density at radius 3 is 2.03 bits per heavy atom. The number of fused-ring (bicyclic) bond motifs is 3. The zero-order chi connectivity index (χ0) is 25.2. The van der Waals surface area contributed by atoms with Gasteiger partial charge in [0.2, 0.25) is 0 Å². The Labute approximate surface area is 211 Å². The van der Waals surface area contributed by atoms with Crippen molar-refractivity contribution in [3.63, 3.8) is 0 Å². The van der Waals surface area contributed by atoms with E-state index in [0.717, 1.165) is 12.8 Å². The van der Waals surface area contributed by atoms with Crippen LogP contribution < -0.4 is 0 Å². The summed E-state index contributed by atoms with van der Waals surface area (Å²) in [5, 5.41) is 30.0. The van der Waals surface area contributed by atoms with Crippen LogP contribution in [0.1, 0.15) is 133 Å². The molecule has 4 fully saturated rings. The van der Waals surface area contributed by atoms with E-state index < -0.39 is 11.4 Å². The maximum Gasteiger partial charge on any atom is 0.314 e. The summed E-state index contributed by atoms with van der Waals surface area (Å²) in [4.78, 5) is 12.9. The molecule has 2 bridgehead atoms. The van der Waals surface area contributed by atoms with E-state index in [1.807, 2.05) is 0 Å². The molecule has 0 saturated heterocycles. The number of carbonyl (C=O) groups is 1. The second kappa shape index (κ2) is 9.97. The van der Waals surface area contributed by atoms with Crippen LogP contribution in [0.15, 0.2) is 18.2 Å². The molecule has 0 amide bonds. The molecule has 4 saturated carbocycles. The summed E-state index contributed by atoms with van der Waals surface area (Å²) >= 11 is 0.